The summed E-state index contributed by atoms with van der Waals surface area (Å²) in [7, 11) is -3.78. The number of halogens is 1. The predicted octanol–water partition coefficient (Wildman–Crippen LogP) is 3.40. The molecule has 0 aliphatic heterocycles. The zero-order valence-corrected chi connectivity index (χ0v) is 17.1. The topological polar surface area (TPSA) is 79.4 Å². The summed E-state index contributed by atoms with van der Waals surface area (Å²) < 4.78 is 41.7. The quantitative estimate of drug-likeness (QED) is 0.634. The van der Waals surface area contributed by atoms with Crippen LogP contribution in [0.1, 0.15) is 29.2 Å². The Morgan fingerprint density at radius 3 is 2.57 bits per heavy atom. The summed E-state index contributed by atoms with van der Waals surface area (Å²) in [6, 6.07) is 10.8. The third kappa shape index (κ3) is 4.06. The summed E-state index contributed by atoms with van der Waals surface area (Å²) in [6.07, 6.45) is 0. The molecule has 148 valence electrons. The van der Waals surface area contributed by atoms with E-state index in [0.717, 1.165) is 22.3 Å². The van der Waals surface area contributed by atoms with Gasteiger partial charge in [0.1, 0.15) is 10.8 Å². The highest BCUT2D eigenvalue weighted by molar-refractivity contribution is 7.89. The van der Waals surface area contributed by atoms with Gasteiger partial charge in [0.25, 0.3) is 5.91 Å². The number of aromatic nitrogens is 1. The number of carbonyl (C=O) groups excluding carboxylic acids is 1. The van der Waals surface area contributed by atoms with Crippen molar-refractivity contribution < 1.29 is 17.6 Å². The third-order valence-electron chi connectivity index (χ3n) is 4.26. The van der Waals surface area contributed by atoms with Gasteiger partial charge in [-0.3, -0.25) is 4.79 Å². The minimum Gasteiger partial charge on any atom is -0.345 e. The fraction of sp³-hybridized carbons (Fsp3) is 0.263. The van der Waals surface area contributed by atoms with Gasteiger partial charge in [0.05, 0.1) is 27.2 Å². The average molecular weight is 422 g/mol. The van der Waals surface area contributed by atoms with E-state index in [1.165, 1.54) is 21.7 Å². The summed E-state index contributed by atoms with van der Waals surface area (Å²) in [6.45, 7) is 4.14. The van der Waals surface area contributed by atoms with Crippen LogP contribution in [0.3, 0.4) is 0 Å². The molecule has 0 fully saturated rings. The lowest BCUT2D eigenvalue weighted by Gasteiger charge is -2.18. The molecule has 0 saturated carbocycles. The molecular formula is C19H20FN3O3S2. The van der Waals surface area contributed by atoms with E-state index in [9.17, 15) is 17.6 Å². The predicted molar refractivity (Wildman–Crippen MR) is 107 cm³/mol. The monoisotopic (exact) mass is 421 g/mol. The summed E-state index contributed by atoms with van der Waals surface area (Å²) >= 11 is 1.43. The molecule has 3 aromatic rings. The first-order chi connectivity index (χ1) is 13.4. The fourth-order valence-electron chi connectivity index (χ4n) is 2.80. The number of amides is 1. The Morgan fingerprint density at radius 2 is 1.89 bits per heavy atom. The van der Waals surface area contributed by atoms with Crippen molar-refractivity contribution in [1.82, 2.24) is 14.6 Å². The second kappa shape index (κ2) is 8.34. The minimum atomic E-state index is -3.78. The van der Waals surface area contributed by atoms with Gasteiger partial charge in [-0.2, -0.15) is 4.31 Å². The Kier molecular flexibility index (Phi) is 6.07. The summed E-state index contributed by atoms with van der Waals surface area (Å²) in [5, 5.41) is 3.30. The molecule has 1 aromatic heterocycles. The van der Waals surface area contributed by atoms with Gasteiger partial charge < -0.3 is 5.32 Å². The Labute approximate surface area is 167 Å². The van der Waals surface area contributed by atoms with E-state index in [1.807, 2.05) is 24.3 Å². The van der Waals surface area contributed by atoms with E-state index in [-0.39, 0.29) is 30.1 Å². The molecule has 0 unspecified atom stereocenters. The molecule has 0 atom stereocenters. The van der Waals surface area contributed by atoms with Crippen molar-refractivity contribution in [3.63, 3.8) is 0 Å². The SMILES string of the molecule is CCN(CC)S(=O)(=O)c1ccc(F)c(C(=O)NCc2nc3ccccc3s2)c1. The van der Waals surface area contributed by atoms with Crippen LogP contribution in [0.15, 0.2) is 47.4 Å². The molecule has 0 aliphatic rings. The Bertz CT molecular complexity index is 1080. The maximum atomic E-state index is 14.2. The number of hydrogen-bond donors (Lipinski definition) is 1. The number of thiazole rings is 1. The van der Waals surface area contributed by atoms with Gasteiger partial charge in [-0.25, -0.2) is 17.8 Å². The van der Waals surface area contributed by atoms with Gasteiger partial charge in [-0.1, -0.05) is 26.0 Å². The molecule has 0 spiro atoms. The van der Waals surface area contributed by atoms with Crippen LogP contribution in [0, 0.1) is 5.82 Å². The summed E-state index contributed by atoms with van der Waals surface area (Å²) in [5.41, 5.74) is 0.518. The first kappa shape index (κ1) is 20.4. The van der Waals surface area contributed by atoms with E-state index in [0.29, 0.717) is 5.01 Å². The van der Waals surface area contributed by atoms with Gasteiger partial charge in [0, 0.05) is 13.1 Å². The molecule has 0 saturated heterocycles. The lowest BCUT2D eigenvalue weighted by molar-refractivity contribution is 0.0946. The number of hydrogen-bond acceptors (Lipinski definition) is 5. The third-order valence-corrected chi connectivity index (χ3v) is 7.35. The first-order valence-electron chi connectivity index (χ1n) is 8.79. The average Bonchev–Trinajstić information content (AvgIpc) is 3.10. The molecule has 2 aromatic carbocycles. The number of carbonyl (C=O) groups is 1. The minimum absolute atomic E-state index is 0.109. The van der Waals surface area contributed by atoms with Crippen molar-refractivity contribution in [3.8, 4) is 0 Å². The van der Waals surface area contributed by atoms with Crippen LogP contribution in [0.4, 0.5) is 4.39 Å². The fourth-order valence-corrected chi connectivity index (χ4v) is 5.19. The van der Waals surface area contributed by atoms with Gasteiger partial charge in [-0.05, 0) is 30.3 Å². The van der Waals surface area contributed by atoms with Crippen LogP contribution in [0.25, 0.3) is 10.2 Å². The lowest BCUT2D eigenvalue weighted by atomic mass is 10.2. The van der Waals surface area contributed by atoms with Gasteiger partial charge in [0.2, 0.25) is 10.0 Å². The maximum absolute atomic E-state index is 14.2. The van der Waals surface area contributed by atoms with E-state index in [2.05, 4.69) is 10.3 Å². The molecule has 1 amide bonds. The maximum Gasteiger partial charge on any atom is 0.254 e. The first-order valence-corrected chi connectivity index (χ1v) is 11.0. The molecule has 6 nitrogen and oxygen atoms in total. The zero-order valence-electron chi connectivity index (χ0n) is 15.5. The van der Waals surface area contributed by atoms with E-state index >= 15 is 0 Å². The number of nitrogens with one attached hydrogen (secondary N) is 1. The van der Waals surface area contributed by atoms with Crippen molar-refractivity contribution in [2.45, 2.75) is 25.3 Å². The number of para-hydroxylation sites is 1. The molecule has 3 rings (SSSR count). The van der Waals surface area contributed by atoms with E-state index in [4.69, 9.17) is 0 Å². The molecule has 28 heavy (non-hydrogen) atoms. The van der Waals surface area contributed by atoms with Crippen molar-refractivity contribution in [1.29, 1.82) is 0 Å². The van der Waals surface area contributed by atoms with Gasteiger partial charge >= 0.3 is 0 Å². The standard InChI is InChI=1S/C19H20FN3O3S2/c1-3-23(4-2)28(25,26)13-9-10-15(20)14(11-13)19(24)21-12-18-22-16-7-5-6-8-17(16)27-18/h5-11H,3-4,12H2,1-2H3,(H,21,24). The Hall–Kier alpha value is -2.36. The normalized spacial score (nSPS) is 11.9. The highest BCUT2D eigenvalue weighted by Crippen LogP contribution is 2.22. The van der Waals surface area contributed by atoms with Crippen molar-refractivity contribution in [2.24, 2.45) is 0 Å². The molecule has 1 N–H and O–H groups in total. The smallest absolute Gasteiger partial charge is 0.254 e. The molecule has 9 heteroatoms. The van der Waals surface area contributed by atoms with Gasteiger partial charge in [-0.15, -0.1) is 11.3 Å². The second-order valence-electron chi connectivity index (χ2n) is 5.99. The molecule has 0 radical (unpaired) electrons. The number of sulfonamides is 1. The molecule has 1 heterocycles. The van der Waals surface area contributed by atoms with Crippen LogP contribution in [0.2, 0.25) is 0 Å². The molecule has 0 aliphatic carbocycles. The number of benzene rings is 2. The van der Waals surface area contributed by atoms with Crippen LogP contribution >= 0.6 is 11.3 Å². The van der Waals surface area contributed by atoms with Crippen molar-refractivity contribution in [2.75, 3.05) is 13.1 Å². The highest BCUT2D eigenvalue weighted by Gasteiger charge is 2.24. The largest absolute Gasteiger partial charge is 0.345 e. The van der Waals surface area contributed by atoms with Gasteiger partial charge in [0.15, 0.2) is 0 Å². The van der Waals surface area contributed by atoms with E-state index in [1.54, 1.807) is 13.8 Å². The van der Waals surface area contributed by atoms with Crippen LogP contribution in [-0.2, 0) is 16.6 Å². The number of fused-ring (bicyclic) bond motifs is 1. The van der Waals surface area contributed by atoms with E-state index < -0.39 is 21.7 Å². The van der Waals surface area contributed by atoms with Crippen molar-refractivity contribution in [3.05, 3.63) is 58.9 Å². The Morgan fingerprint density at radius 1 is 1.18 bits per heavy atom. The highest BCUT2D eigenvalue weighted by atomic mass is 32.2. The zero-order chi connectivity index (χ0) is 20.3. The van der Waals surface area contributed by atoms with Crippen LogP contribution in [-0.4, -0.2) is 36.7 Å². The van der Waals surface area contributed by atoms with Crippen LogP contribution < -0.4 is 5.32 Å². The summed E-state index contributed by atoms with van der Waals surface area (Å²) in [4.78, 5) is 16.8. The summed E-state index contributed by atoms with van der Waals surface area (Å²) in [5.74, 6) is -1.46. The lowest BCUT2D eigenvalue weighted by Crippen LogP contribution is -2.31. The van der Waals surface area contributed by atoms with Crippen LogP contribution in [0.5, 0.6) is 0 Å². The second-order valence-corrected chi connectivity index (χ2v) is 9.04. The molecule has 0 bridgehead atoms. The number of rotatable bonds is 7. The van der Waals surface area contributed by atoms with Crippen molar-refractivity contribution >= 4 is 37.5 Å². The number of nitrogens with zero attached hydrogens (tertiary/aromatic N) is 2. The Balaban J connectivity index is 1.81. The molecular weight excluding hydrogens is 401 g/mol.